The molecule has 0 aliphatic rings. The third-order valence-electron chi connectivity index (χ3n) is 3.59. The van der Waals surface area contributed by atoms with Crippen LogP contribution in [0.25, 0.3) is 0 Å². The summed E-state index contributed by atoms with van der Waals surface area (Å²) in [6.45, 7) is 14.9. The molecule has 0 bridgehead atoms. The Morgan fingerprint density at radius 2 is 1.48 bits per heavy atom. The van der Waals surface area contributed by atoms with Crippen LogP contribution in [0.2, 0.25) is 0 Å². The molecule has 2 amide bonds. The van der Waals surface area contributed by atoms with Crippen molar-refractivity contribution in [3.8, 4) is 0 Å². The molecule has 0 radical (unpaired) electrons. The number of nitrogens with one attached hydrogen (secondary N) is 3. The minimum atomic E-state index is -0.402. The van der Waals surface area contributed by atoms with Crippen molar-refractivity contribution in [1.29, 1.82) is 0 Å². The van der Waals surface area contributed by atoms with Gasteiger partial charge < -0.3 is 16.0 Å². The Labute approximate surface area is 152 Å². The van der Waals surface area contributed by atoms with E-state index in [1.165, 1.54) is 0 Å². The standard InChI is InChI=1S/C20H33N3O2/c1-19(2,3)14-21-11-12-22-17(24)16-9-7-15(8-10-16)13-23-18(25)20(4,5)6/h7-10,21H,11-14H2,1-6H3,(H,22,24)(H,23,25). The number of rotatable bonds is 7. The molecule has 5 nitrogen and oxygen atoms in total. The van der Waals surface area contributed by atoms with Gasteiger partial charge in [0.1, 0.15) is 0 Å². The highest BCUT2D eigenvalue weighted by Crippen LogP contribution is 2.13. The van der Waals surface area contributed by atoms with Crippen LogP contribution in [-0.4, -0.2) is 31.4 Å². The van der Waals surface area contributed by atoms with Crippen LogP contribution in [0, 0.1) is 10.8 Å². The lowest BCUT2D eigenvalue weighted by molar-refractivity contribution is -0.128. The summed E-state index contributed by atoms with van der Waals surface area (Å²) < 4.78 is 0. The molecule has 0 aliphatic carbocycles. The van der Waals surface area contributed by atoms with Crippen molar-refractivity contribution in [2.24, 2.45) is 10.8 Å². The largest absolute Gasteiger partial charge is 0.352 e. The first-order valence-electron chi connectivity index (χ1n) is 8.85. The Kier molecular flexibility index (Phi) is 7.61. The van der Waals surface area contributed by atoms with Gasteiger partial charge in [0.15, 0.2) is 0 Å². The molecule has 0 saturated heterocycles. The monoisotopic (exact) mass is 347 g/mol. The van der Waals surface area contributed by atoms with E-state index in [0.29, 0.717) is 18.7 Å². The van der Waals surface area contributed by atoms with E-state index in [4.69, 9.17) is 0 Å². The predicted octanol–water partition coefficient (Wildman–Crippen LogP) is 2.71. The topological polar surface area (TPSA) is 70.2 Å². The van der Waals surface area contributed by atoms with Gasteiger partial charge in [0.2, 0.25) is 5.91 Å². The lowest BCUT2D eigenvalue weighted by atomic mass is 9.95. The third-order valence-corrected chi connectivity index (χ3v) is 3.59. The van der Waals surface area contributed by atoms with Gasteiger partial charge in [-0.2, -0.15) is 0 Å². The maximum Gasteiger partial charge on any atom is 0.251 e. The maximum atomic E-state index is 12.1. The van der Waals surface area contributed by atoms with Crippen LogP contribution in [0.1, 0.15) is 57.5 Å². The van der Waals surface area contributed by atoms with E-state index in [-0.39, 0.29) is 17.2 Å². The van der Waals surface area contributed by atoms with Crippen LogP contribution in [0.5, 0.6) is 0 Å². The fourth-order valence-corrected chi connectivity index (χ4v) is 2.05. The molecule has 1 aromatic rings. The van der Waals surface area contributed by atoms with Gasteiger partial charge in [-0.25, -0.2) is 0 Å². The van der Waals surface area contributed by atoms with Crippen molar-refractivity contribution in [3.63, 3.8) is 0 Å². The molecule has 0 aromatic heterocycles. The minimum absolute atomic E-state index is 0.0112. The van der Waals surface area contributed by atoms with E-state index in [1.54, 1.807) is 12.1 Å². The van der Waals surface area contributed by atoms with E-state index in [1.807, 2.05) is 32.9 Å². The molecule has 0 aliphatic heterocycles. The summed E-state index contributed by atoms with van der Waals surface area (Å²) in [5.41, 5.74) is 1.44. The average Bonchev–Trinajstić information content (AvgIpc) is 2.50. The Balaban J connectivity index is 2.37. The van der Waals surface area contributed by atoms with E-state index in [0.717, 1.165) is 18.7 Å². The molecule has 1 aromatic carbocycles. The number of hydrogen-bond acceptors (Lipinski definition) is 3. The zero-order chi connectivity index (χ0) is 19.1. The Bertz CT molecular complexity index is 566. The van der Waals surface area contributed by atoms with Crippen molar-refractivity contribution >= 4 is 11.8 Å². The number of hydrogen-bond donors (Lipinski definition) is 3. The lowest BCUT2D eigenvalue weighted by Crippen LogP contribution is -2.35. The van der Waals surface area contributed by atoms with Crippen molar-refractivity contribution in [1.82, 2.24) is 16.0 Å². The smallest absolute Gasteiger partial charge is 0.251 e. The van der Waals surface area contributed by atoms with E-state index < -0.39 is 5.41 Å². The first-order valence-corrected chi connectivity index (χ1v) is 8.85. The zero-order valence-electron chi connectivity index (χ0n) is 16.5. The van der Waals surface area contributed by atoms with Gasteiger partial charge in [-0.05, 0) is 23.1 Å². The molecule has 3 N–H and O–H groups in total. The highest BCUT2D eigenvalue weighted by atomic mass is 16.2. The van der Waals surface area contributed by atoms with E-state index >= 15 is 0 Å². The van der Waals surface area contributed by atoms with Crippen molar-refractivity contribution < 1.29 is 9.59 Å². The summed E-state index contributed by atoms with van der Waals surface area (Å²) in [6.07, 6.45) is 0. The fourth-order valence-electron chi connectivity index (χ4n) is 2.05. The van der Waals surface area contributed by atoms with Crippen LogP contribution < -0.4 is 16.0 Å². The summed E-state index contributed by atoms with van der Waals surface area (Å²) in [4.78, 5) is 24.0. The normalized spacial score (nSPS) is 11.9. The number of benzene rings is 1. The predicted molar refractivity (Wildman–Crippen MR) is 102 cm³/mol. The van der Waals surface area contributed by atoms with Crippen molar-refractivity contribution in [2.45, 2.75) is 48.1 Å². The maximum absolute atomic E-state index is 12.1. The van der Waals surface area contributed by atoms with Crippen LogP contribution >= 0.6 is 0 Å². The second-order valence-corrected chi connectivity index (χ2v) is 8.62. The summed E-state index contributed by atoms with van der Waals surface area (Å²) in [5, 5.41) is 9.13. The molecule has 0 unspecified atom stereocenters. The van der Waals surface area contributed by atoms with E-state index in [2.05, 4.69) is 36.7 Å². The van der Waals surface area contributed by atoms with Crippen LogP contribution in [0.15, 0.2) is 24.3 Å². The number of carbonyl (C=O) groups is 2. The molecule has 0 fully saturated rings. The first-order chi connectivity index (χ1) is 11.5. The zero-order valence-corrected chi connectivity index (χ0v) is 16.5. The molecule has 140 valence electrons. The second-order valence-electron chi connectivity index (χ2n) is 8.62. The highest BCUT2D eigenvalue weighted by Gasteiger charge is 2.20. The van der Waals surface area contributed by atoms with Gasteiger partial charge in [-0.1, -0.05) is 53.7 Å². The number of amides is 2. The molecular weight excluding hydrogens is 314 g/mol. The number of carbonyl (C=O) groups excluding carboxylic acids is 2. The second kappa shape index (κ2) is 8.99. The summed E-state index contributed by atoms with van der Waals surface area (Å²) in [6, 6.07) is 7.32. The van der Waals surface area contributed by atoms with Crippen molar-refractivity contribution in [2.75, 3.05) is 19.6 Å². The first kappa shape index (κ1) is 21.2. The summed E-state index contributed by atoms with van der Waals surface area (Å²) in [7, 11) is 0. The fraction of sp³-hybridized carbons (Fsp3) is 0.600. The molecule has 5 heteroatoms. The van der Waals surface area contributed by atoms with Gasteiger partial charge in [0.05, 0.1) is 0 Å². The Morgan fingerprint density at radius 1 is 0.880 bits per heavy atom. The van der Waals surface area contributed by atoms with Crippen LogP contribution in [-0.2, 0) is 11.3 Å². The van der Waals surface area contributed by atoms with Gasteiger partial charge in [-0.3, -0.25) is 9.59 Å². The Morgan fingerprint density at radius 3 is 2.00 bits per heavy atom. The van der Waals surface area contributed by atoms with Gasteiger partial charge in [0.25, 0.3) is 5.91 Å². The molecule has 1 rings (SSSR count). The highest BCUT2D eigenvalue weighted by molar-refractivity contribution is 5.94. The Hall–Kier alpha value is -1.88. The molecule has 25 heavy (non-hydrogen) atoms. The van der Waals surface area contributed by atoms with Crippen LogP contribution in [0.3, 0.4) is 0 Å². The summed E-state index contributed by atoms with van der Waals surface area (Å²) in [5.74, 6) is -0.0695. The molecular formula is C20H33N3O2. The average molecular weight is 348 g/mol. The quantitative estimate of drug-likeness (QED) is 0.664. The van der Waals surface area contributed by atoms with Crippen molar-refractivity contribution in [3.05, 3.63) is 35.4 Å². The lowest BCUT2D eigenvalue weighted by Gasteiger charge is -2.18. The van der Waals surface area contributed by atoms with Gasteiger partial charge in [0, 0.05) is 37.2 Å². The molecule has 0 atom stereocenters. The third kappa shape index (κ3) is 8.68. The van der Waals surface area contributed by atoms with Gasteiger partial charge in [-0.15, -0.1) is 0 Å². The SMILES string of the molecule is CC(C)(C)CNCCNC(=O)c1ccc(CNC(=O)C(C)(C)C)cc1. The summed E-state index contributed by atoms with van der Waals surface area (Å²) >= 11 is 0. The minimum Gasteiger partial charge on any atom is -0.352 e. The van der Waals surface area contributed by atoms with Gasteiger partial charge >= 0.3 is 0 Å². The molecule has 0 spiro atoms. The molecule has 0 heterocycles. The van der Waals surface area contributed by atoms with Crippen LogP contribution in [0.4, 0.5) is 0 Å². The molecule has 0 saturated carbocycles. The van der Waals surface area contributed by atoms with E-state index in [9.17, 15) is 9.59 Å².